The zero-order valence-corrected chi connectivity index (χ0v) is 11.2. The van der Waals surface area contributed by atoms with Gasteiger partial charge >= 0.3 is 0 Å². The monoisotopic (exact) mass is 292 g/mol. The van der Waals surface area contributed by atoms with E-state index in [1.807, 2.05) is 0 Å². The largest absolute Gasteiger partial charge is 0.357 e. The molecule has 0 unspecified atom stereocenters. The number of nitrogens with one attached hydrogen (secondary N) is 3. The second-order valence-corrected chi connectivity index (χ2v) is 4.47. The van der Waals surface area contributed by atoms with Crippen LogP contribution in [0, 0.1) is 5.82 Å². The number of hydrogen-bond acceptors (Lipinski definition) is 5. The standard InChI is InChI=1S/C12H10ClFN6/c1-15-12-19-10-9(16-5-17-10)11(20-12)18-8-3-6(13)2-7(14)4-8/h2-5H,1H3,(H3,15,16,17,18,19,20). The van der Waals surface area contributed by atoms with Gasteiger partial charge in [-0.25, -0.2) is 9.37 Å². The molecule has 0 spiro atoms. The SMILES string of the molecule is CNc1nc(Nc2cc(F)cc(Cl)c2)c2[nH]cnc2n1. The number of benzene rings is 1. The van der Waals surface area contributed by atoms with E-state index in [4.69, 9.17) is 11.6 Å². The fraction of sp³-hybridized carbons (Fsp3) is 0.0833. The minimum Gasteiger partial charge on any atom is -0.357 e. The van der Waals surface area contributed by atoms with E-state index in [1.54, 1.807) is 13.1 Å². The van der Waals surface area contributed by atoms with Gasteiger partial charge in [0.15, 0.2) is 11.5 Å². The summed E-state index contributed by atoms with van der Waals surface area (Å²) < 4.78 is 13.3. The van der Waals surface area contributed by atoms with Crippen LogP contribution in [0.4, 0.5) is 21.8 Å². The molecule has 3 aromatic rings. The van der Waals surface area contributed by atoms with E-state index in [0.29, 0.717) is 33.6 Å². The van der Waals surface area contributed by atoms with Crippen LogP contribution in [0.2, 0.25) is 5.02 Å². The molecule has 3 rings (SSSR count). The molecule has 0 aliphatic heterocycles. The Morgan fingerprint density at radius 3 is 2.85 bits per heavy atom. The molecule has 6 nitrogen and oxygen atoms in total. The Balaban J connectivity index is 2.07. The summed E-state index contributed by atoms with van der Waals surface area (Å²) in [6.45, 7) is 0. The number of anilines is 3. The van der Waals surface area contributed by atoms with Crippen molar-refractivity contribution in [2.45, 2.75) is 0 Å². The van der Waals surface area contributed by atoms with E-state index in [2.05, 4.69) is 30.6 Å². The van der Waals surface area contributed by atoms with Crippen molar-refractivity contribution in [3.63, 3.8) is 0 Å². The fourth-order valence-electron chi connectivity index (χ4n) is 1.80. The fourth-order valence-corrected chi connectivity index (χ4v) is 2.02. The van der Waals surface area contributed by atoms with Gasteiger partial charge in [-0.2, -0.15) is 9.97 Å². The van der Waals surface area contributed by atoms with Gasteiger partial charge in [0.1, 0.15) is 11.3 Å². The van der Waals surface area contributed by atoms with E-state index in [9.17, 15) is 4.39 Å². The number of fused-ring (bicyclic) bond motifs is 1. The molecule has 8 heteroatoms. The molecule has 3 N–H and O–H groups in total. The Labute approximate surface area is 118 Å². The highest BCUT2D eigenvalue weighted by Crippen LogP contribution is 2.25. The Morgan fingerprint density at radius 2 is 2.10 bits per heavy atom. The van der Waals surface area contributed by atoms with Gasteiger partial charge in [-0.05, 0) is 18.2 Å². The molecule has 0 bridgehead atoms. The van der Waals surface area contributed by atoms with Gasteiger partial charge < -0.3 is 15.6 Å². The first-order chi connectivity index (χ1) is 9.65. The molecular weight excluding hydrogens is 283 g/mol. The van der Waals surface area contributed by atoms with Gasteiger partial charge in [-0.1, -0.05) is 11.6 Å². The molecule has 0 atom stereocenters. The first-order valence-corrected chi connectivity index (χ1v) is 6.15. The van der Waals surface area contributed by atoms with Crippen molar-refractivity contribution >= 4 is 40.2 Å². The molecule has 0 fully saturated rings. The zero-order chi connectivity index (χ0) is 14.1. The van der Waals surface area contributed by atoms with E-state index in [0.717, 1.165) is 0 Å². The Morgan fingerprint density at radius 1 is 1.25 bits per heavy atom. The zero-order valence-electron chi connectivity index (χ0n) is 10.4. The van der Waals surface area contributed by atoms with Crippen LogP contribution in [0.25, 0.3) is 11.2 Å². The van der Waals surface area contributed by atoms with Crippen LogP contribution in [0.3, 0.4) is 0 Å². The number of rotatable bonds is 3. The van der Waals surface area contributed by atoms with Crippen molar-refractivity contribution in [2.75, 3.05) is 17.7 Å². The lowest BCUT2D eigenvalue weighted by Gasteiger charge is -2.08. The summed E-state index contributed by atoms with van der Waals surface area (Å²) in [7, 11) is 1.71. The molecule has 0 saturated carbocycles. The third kappa shape index (κ3) is 2.35. The molecule has 0 saturated heterocycles. The summed E-state index contributed by atoms with van der Waals surface area (Å²) in [4.78, 5) is 15.5. The maximum Gasteiger partial charge on any atom is 0.226 e. The average molecular weight is 293 g/mol. The molecule has 0 radical (unpaired) electrons. The maximum atomic E-state index is 13.3. The molecule has 0 aliphatic rings. The van der Waals surface area contributed by atoms with Crippen LogP contribution in [-0.4, -0.2) is 27.0 Å². The minimum absolute atomic E-state index is 0.302. The molecular formula is C12H10ClFN6. The second kappa shape index (κ2) is 4.93. The lowest BCUT2D eigenvalue weighted by molar-refractivity contribution is 0.628. The van der Waals surface area contributed by atoms with Crippen molar-refractivity contribution < 1.29 is 4.39 Å². The summed E-state index contributed by atoms with van der Waals surface area (Å²) in [6.07, 6.45) is 1.52. The summed E-state index contributed by atoms with van der Waals surface area (Å²) in [5.41, 5.74) is 1.63. The molecule has 2 heterocycles. The molecule has 1 aromatic carbocycles. The normalized spacial score (nSPS) is 10.8. The van der Waals surface area contributed by atoms with Crippen molar-refractivity contribution in [3.05, 3.63) is 35.4 Å². The highest BCUT2D eigenvalue weighted by atomic mass is 35.5. The first-order valence-electron chi connectivity index (χ1n) is 5.77. The van der Waals surface area contributed by atoms with Crippen molar-refractivity contribution in [2.24, 2.45) is 0 Å². The topological polar surface area (TPSA) is 78.5 Å². The smallest absolute Gasteiger partial charge is 0.226 e. The average Bonchev–Trinajstić information content (AvgIpc) is 2.85. The first kappa shape index (κ1) is 12.6. The van der Waals surface area contributed by atoms with Crippen LogP contribution < -0.4 is 10.6 Å². The van der Waals surface area contributed by atoms with E-state index in [1.165, 1.54) is 18.5 Å². The molecule has 2 aromatic heterocycles. The van der Waals surface area contributed by atoms with Crippen molar-refractivity contribution in [3.8, 4) is 0 Å². The van der Waals surface area contributed by atoms with E-state index < -0.39 is 5.82 Å². The quantitative estimate of drug-likeness (QED) is 0.692. The number of hydrogen-bond donors (Lipinski definition) is 3. The second-order valence-electron chi connectivity index (χ2n) is 4.03. The third-order valence-electron chi connectivity index (χ3n) is 2.63. The van der Waals surface area contributed by atoms with Crippen LogP contribution >= 0.6 is 11.6 Å². The number of aromatic amines is 1. The maximum absolute atomic E-state index is 13.3. The number of halogens is 2. The number of imidazole rings is 1. The lowest BCUT2D eigenvalue weighted by Crippen LogP contribution is -2.02. The lowest BCUT2D eigenvalue weighted by atomic mass is 10.3. The molecule has 0 amide bonds. The Bertz CT molecular complexity index is 751. The Kier molecular flexibility index (Phi) is 3.11. The van der Waals surface area contributed by atoms with E-state index in [-0.39, 0.29) is 0 Å². The molecule has 0 aliphatic carbocycles. The van der Waals surface area contributed by atoms with Gasteiger partial charge in [-0.15, -0.1) is 0 Å². The highest BCUT2D eigenvalue weighted by Gasteiger charge is 2.10. The van der Waals surface area contributed by atoms with Crippen LogP contribution in [-0.2, 0) is 0 Å². The summed E-state index contributed by atoms with van der Waals surface area (Å²) in [5.74, 6) is 0.469. The predicted molar refractivity (Wildman–Crippen MR) is 75.9 cm³/mol. The van der Waals surface area contributed by atoms with Crippen molar-refractivity contribution in [1.29, 1.82) is 0 Å². The summed E-state index contributed by atoms with van der Waals surface area (Å²) >= 11 is 5.83. The van der Waals surface area contributed by atoms with Gasteiger partial charge in [0.05, 0.1) is 6.33 Å². The van der Waals surface area contributed by atoms with Crippen LogP contribution in [0.1, 0.15) is 0 Å². The van der Waals surface area contributed by atoms with E-state index >= 15 is 0 Å². The third-order valence-corrected chi connectivity index (χ3v) is 2.85. The molecule has 102 valence electrons. The van der Waals surface area contributed by atoms with Crippen LogP contribution in [0.5, 0.6) is 0 Å². The molecule has 20 heavy (non-hydrogen) atoms. The number of H-pyrrole nitrogens is 1. The van der Waals surface area contributed by atoms with Gasteiger partial charge in [0.25, 0.3) is 0 Å². The predicted octanol–water partition coefficient (Wildman–Crippen LogP) is 2.93. The number of nitrogens with zero attached hydrogens (tertiary/aromatic N) is 3. The number of aromatic nitrogens is 4. The van der Waals surface area contributed by atoms with Crippen LogP contribution in [0.15, 0.2) is 24.5 Å². The van der Waals surface area contributed by atoms with Gasteiger partial charge in [-0.3, -0.25) is 0 Å². The van der Waals surface area contributed by atoms with Crippen molar-refractivity contribution in [1.82, 2.24) is 19.9 Å². The Hall–Kier alpha value is -2.41. The highest BCUT2D eigenvalue weighted by molar-refractivity contribution is 6.30. The minimum atomic E-state index is -0.427. The van der Waals surface area contributed by atoms with Gasteiger partial charge in [0.2, 0.25) is 5.95 Å². The summed E-state index contributed by atoms with van der Waals surface area (Å²) in [5, 5.41) is 6.15. The van der Waals surface area contributed by atoms with Gasteiger partial charge in [0, 0.05) is 17.8 Å². The summed E-state index contributed by atoms with van der Waals surface area (Å²) in [6, 6.07) is 4.17.